The number of hydrogen-bond acceptors (Lipinski definition) is 2. The van der Waals surface area contributed by atoms with Gasteiger partial charge in [-0.05, 0) is 19.0 Å². The molecule has 0 amide bonds. The van der Waals surface area contributed by atoms with Gasteiger partial charge in [-0.1, -0.05) is 23.2 Å². The summed E-state index contributed by atoms with van der Waals surface area (Å²) < 4.78 is 0. The van der Waals surface area contributed by atoms with Crippen molar-refractivity contribution in [3.8, 4) is 0 Å². The number of aromatic nitrogens is 1. The zero-order valence-electron chi connectivity index (χ0n) is 6.35. The number of hydrogen-bond donors (Lipinski definition) is 1. The Morgan fingerprint density at radius 2 is 2.25 bits per heavy atom. The van der Waals surface area contributed by atoms with Gasteiger partial charge < -0.3 is 5.32 Å². The molecule has 2 rings (SSSR count). The lowest BCUT2D eigenvalue weighted by atomic mass is 10.0. The zero-order chi connectivity index (χ0) is 8.55. The average Bonchev–Trinajstić information content (AvgIpc) is 1.91. The summed E-state index contributed by atoms with van der Waals surface area (Å²) in [5, 5.41) is 4.47. The van der Waals surface area contributed by atoms with Crippen molar-refractivity contribution in [3.63, 3.8) is 0 Å². The van der Waals surface area contributed by atoms with Crippen molar-refractivity contribution in [2.24, 2.45) is 0 Å². The van der Waals surface area contributed by atoms with Crippen LogP contribution in [0.15, 0.2) is 12.3 Å². The molecule has 0 radical (unpaired) electrons. The van der Waals surface area contributed by atoms with Gasteiger partial charge in [-0.2, -0.15) is 0 Å². The molecule has 1 aromatic rings. The molecule has 1 aromatic heterocycles. The predicted molar refractivity (Wildman–Crippen MR) is 49.6 cm³/mol. The maximum absolute atomic E-state index is 5.95. The third-order valence-electron chi connectivity index (χ3n) is 1.99. The highest BCUT2D eigenvalue weighted by molar-refractivity contribution is 6.34. The molecule has 4 heteroatoms. The molecule has 0 spiro atoms. The van der Waals surface area contributed by atoms with E-state index >= 15 is 0 Å². The first-order valence-corrected chi connectivity index (χ1v) is 4.57. The Morgan fingerprint density at radius 1 is 1.50 bits per heavy atom. The standard InChI is InChI=1S/C8H8Cl2N2/c9-5-3-6(10)8(12-4-5)7-1-2-11-7/h3-4,7,11H,1-2H2. The van der Waals surface area contributed by atoms with Gasteiger partial charge in [-0.3, -0.25) is 4.98 Å². The van der Waals surface area contributed by atoms with Crippen LogP contribution in [0.4, 0.5) is 0 Å². The molecule has 0 aromatic carbocycles. The van der Waals surface area contributed by atoms with E-state index in [-0.39, 0.29) is 0 Å². The van der Waals surface area contributed by atoms with Crippen LogP contribution in [0.5, 0.6) is 0 Å². The monoisotopic (exact) mass is 202 g/mol. The van der Waals surface area contributed by atoms with E-state index in [9.17, 15) is 0 Å². The number of rotatable bonds is 1. The molecule has 2 heterocycles. The Hall–Kier alpha value is -0.310. The molecule has 12 heavy (non-hydrogen) atoms. The lowest BCUT2D eigenvalue weighted by Gasteiger charge is -2.27. The van der Waals surface area contributed by atoms with E-state index in [0.717, 1.165) is 18.7 Å². The van der Waals surface area contributed by atoms with Gasteiger partial charge in [-0.15, -0.1) is 0 Å². The summed E-state index contributed by atoms with van der Waals surface area (Å²) in [7, 11) is 0. The fourth-order valence-corrected chi connectivity index (χ4v) is 1.72. The SMILES string of the molecule is Clc1cnc(C2CCN2)c(Cl)c1. The summed E-state index contributed by atoms with van der Waals surface area (Å²) in [6.07, 6.45) is 2.73. The minimum Gasteiger partial charge on any atom is -0.308 e. The first-order valence-electron chi connectivity index (χ1n) is 3.81. The van der Waals surface area contributed by atoms with Crippen LogP contribution < -0.4 is 5.32 Å². The van der Waals surface area contributed by atoms with Crippen molar-refractivity contribution < 1.29 is 0 Å². The van der Waals surface area contributed by atoms with Crippen LogP contribution in [0.2, 0.25) is 10.0 Å². The van der Waals surface area contributed by atoms with E-state index in [1.54, 1.807) is 12.3 Å². The third-order valence-corrected chi connectivity index (χ3v) is 2.50. The normalized spacial score (nSPS) is 22.0. The molecule has 64 valence electrons. The van der Waals surface area contributed by atoms with Crippen LogP contribution in [0.3, 0.4) is 0 Å². The molecule has 1 saturated heterocycles. The maximum atomic E-state index is 5.95. The number of pyridine rings is 1. The van der Waals surface area contributed by atoms with Crippen molar-refractivity contribution in [2.75, 3.05) is 6.54 Å². The Labute approximate surface area is 80.9 Å². The molecule has 1 N–H and O–H groups in total. The highest BCUT2D eigenvalue weighted by Crippen LogP contribution is 2.28. The minimum atomic E-state index is 0.328. The number of nitrogens with zero attached hydrogens (tertiary/aromatic N) is 1. The second-order valence-corrected chi connectivity index (χ2v) is 3.66. The van der Waals surface area contributed by atoms with Crippen molar-refractivity contribution >= 4 is 23.2 Å². The van der Waals surface area contributed by atoms with Gasteiger partial charge in [0.2, 0.25) is 0 Å². The molecule has 0 bridgehead atoms. The lowest BCUT2D eigenvalue weighted by Crippen LogP contribution is -2.35. The average molecular weight is 203 g/mol. The van der Waals surface area contributed by atoms with E-state index in [1.165, 1.54) is 0 Å². The second kappa shape index (κ2) is 3.21. The topological polar surface area (TPSA) is 24.9 Å². The fraction of sp³-hybridized carbons (Fsp3) is 0.375. The van der Waals surface area contributed by atoms with E-state index < -0.39 is 0 Å². The van der Waals surface area contributed by atoms with Crippen LogP contribution in [-0.4, -0.2) is 11.5 Å². The van der Waals surface area contributed by atoms with E-state index in [4.69, 9.17) is 23.2 Å². The smallest absolute Gasteiger partial charge is 0.0760 e. The Kier molecular flexibility index (Phi) is 2.22. The van der Waals surface area contributed by atoms with Crippen LogP contribution >= 0.6 is 23.2 Å². The molecule has 1 atom stereocenters. The molecule has 1 aliphatic heterocycles. The van der Waals surface area contributed by atoms with E-state index in [0.29, 0.717) is 16.1 Å². The lowest BCUT2D eigenvalue weighted by molar-refractivity contribution is 0.375. The van der Waals surface area contributed by atoms with Gasteiger partial charge in [0.15, 0.2) is 0 Å². The molecular weight excluding hydrogens is 195 g/mol. The van der Waals surface area contributed by atoms with Gasteiger partial charge >= 0.3 is 0 Å². The molecule has 0 aliphatic carbocycles. The van der Waals surface area contributed by atoms with E-state index in [1.807, 2.05) is 0 Å². The van der Waals surface area contributed by atoms with Crippen LogP contribution in [0.25, 0.3) is 0 Å². The Bertz CT molecular complexity index is 297. The van der Waals surface area contributed by atoms with Crippen LogP contribution in [-0.2, 0) is 0 Å². The fourth-order valence-electron chi connectivity index (χ4n) is 1.20. The quantitative estimate of drug-likeness (QED) is 0.758. The van der Waals surface area contributed by atoms with Gasteiger partial charge in [0, 0.05) is 6.20 Å². The highest BCUT2D eigenvalue weighted by atomic mass is 35.5. The van der Waals surface area contributed by atoms with Crippen LogP contribution in [0.1, 0.15) is 18.2 Å². The molecule has 1 aliphatic rings. The van der Waals surface area contributed by atoms with Gasteiger partial charge in [0.1, 0.15) is 0 Å². The van der Waals surface area contributed by atoms with Gasteiger partial charge in [-0.25, -0.2) is 0 Å². The summed E-state index contributed by atoms with van der Waals surface area (Å²) in [4.78, 5) is 4.17. The summed E-state index contributed by atoms with van der Waals surface area (Å²) >= 11 is 11.7. The molecule has 2 nitrogen and oxygen atoms in total. The van der Waals surface area contributed by atoms with Crippen molar-refractivity contribution in [3.05, 3.63) is 28.0 Å². The largest absolute Gasteiger partial charge is 0.308 e. The molecular formula is C8H8Cl2N2. The summed E-state index contributed by atoms with van der Waals surface area (Å²) in [5.41, 5.74) is 0.910. The first-order chi connectivity index (χ1) is 5.77. The van der Waals surface area contributed by atoms with Crippen molar-refractivity contribution in [1.29, 1.82) is 0 Å². The highest BCUT2D eigenvalue weighted by Gasteiger charge is 2.22. The first kappa shape index (κ1) is 8.30. The summed E-state index contributed by atoms with van der Waals surface area (Å²) in [6, 6.07) is 2.06. The van der Waals surface area contributed by atoms with E-state index in [2.05, 4.69) is 10.3 Å². The summed E-state index contributed by atoms with van der Waals surface area (Å²) in [6.45, 7) is 1.05. The third kappa shape index (κ3) is 1.42. The van der Waals surface area contributed by atoms with Crippen molar-refractivity contribution in [2.45, 2.75) is 12.5 Å². The predicted octanol–water partition coefficient (Wildman–Crippen LogP) is 2.42. The molecule has 0 saturated carbocycles. The van der Waals surface area contributed by atoms with Gasteiger partial charge in [0.25, 0.3) is 0 Å². The molecule has 1 fully saturated rings. The van der Waals surface area contributed by atoms with Crippen LogP contribution in [0, 0.1) is 0 Å². The number of nitrogens with one attached hydrogen (secondary N) is 1. The maximum Gasteiger partial charge on any atom is 0.0760 e. The Balaban J connectivity index is 2.31. The number of halogens is 2. The van der Waals surface area contributed by atoms with Gasteiger partial charge in [0.05, 0.1) is 21.8 Å². The summed E-state index contributed by atoms with van der Waals surface area (Å²) in [5.74, 6) is 0. The molecule has 1 unspecified atom stereocenters. The van der Waals surface area contributed by atoms with Crippen molar-refractivity contribution in [1.82, 2.24) is 10.3 Å². The minimum absolute atomic E-state index is 0.328. The Morgan fingerprint density at radius 3 is 2.75 bits per heavy atom. The zero-order valence-corrected chi connectivity index (χ0v) is 7.86. The second-order valence-electron chi connectivity index (χ2n) is 2.82.